The molecule has 17 heteroatoms. The maximum atomic E-state index is 11.2. The van der Waals surface area contributed by atoms with Gasteiger partial charge in [-0.15, -0.1) is 0 Å². The molecule has 4 aliphatic heterocycles. The second-order valence-corrected chi connectivity index (χ2v) is 20.4. The summed E-state index contributed by atoms with van der Waals surface area (Å²) in [5.41, 5.74) is 2.78. The number of rotatable bonds is 12. The average Bonchev–Trinajstić information content (AvgIpc) is 3.74. The molecule has 24 atom stereocenters. The molecule has 10 N–H and O–H groups in total. The Hall–Kier alpha value is -1.36. The molecule has 62 heavy (non-hydrogen) atoms. The first-order valence-corrected chi connectivity index (χ1v) is 23.0. The second kappa shape index (κ2) is 18.4. The maximum Gasteiger partial charge on any atom is 0.187 e. The van der Waals surface area contributed by atoms with Gasteiger partial charge in [-0.1, -0.05) is 32.4 Å². The lowest BCUT2D eigenvalue weighted by molar-refractivity contribution is -0.369. The van der Waals surface area contributed by atoms with E-state index in [0.717, 1.165) is 50.7 Å². The van der Waals surface area contributed by atoms with Crippen molar-refractivity contribution in [1.82, 2.24) is 0 Å². The largest absolute Gasteiger partial charge is 0.494 e. The Morgan fingerprint density at radius 3 is 2.13 bits per heavy atom. The van der Waals surface area contributed by atoms with Crippen molar-refractivity contribution in [3.05, 3.63) is 23.0 Å². The molecule has 354 valence electrons. The summed E-state index contributed by atoms with van der Waals surface area (Å²) in [5, 5.41) is 103. The fourth-order valence-corrected chi connectivity index (χ4v) is 13.0. The molecule has 4 aliphatic carbocycles. The van der Waals surface area contributed by atoms with Crippen molar-refractivity contribution in [2.24, 2.45) is 40.4 Å². The first kappa shape index (κ1) is 47.1. The second-order valence-electron chi connectivity index (χ2n) is 20.4. The summed E-state index contributed by atoms with van der Waals surface area (Å²) in [5.74, 6) is 3.04. The summed E-state index contributed by atoms with van der Waals surface area (Å²) in [4.78, 5) is 0. The van der Waals surface area contributed by atoms with E-state index >= 15 is 0 Å². The van der Waals surface area contributed by atoms with E-state index in [0.29, 0.717) is 36.5 Å². The van der Waals surface area contributed by atoms with Crippen molar-refractivity contribution in [2.45, 2.75) is 197 Å². The monoisotopic (exact) mass is 884 g/mol. The molecule has 0 spiro atoms. The minimum absolute atomic E-state index is 0.0215. The summed E-state index contributed by atoms with van der Waals surface area (Å²) >= 11 is 0. The van der Waals surface area contributed by atoms with Crippen molar-refractivity contribution < 1.29 is 84.2 Å². The quantitative estimate of drug-likeness (QED) is 0.117. The van der Waals surface area contributed by atoms with E-state index in [1.54, 1.807) is 0 Å². The normalized spacial score (nSPS) is 52.0. The summed E-state index contributed by atoms with van der Waals surface area (Å²) in [6.45, 7) is 9.89. The minimum atomic E-state index is -1.64. The van der Waals surface area contributed by atoms with E-state index in [4.69, 9.17) is 33.2 Å². The molecule has 17 nitrogen and oxygen atoms in total. The Labute approximate surface area is 363 Å². The van der Waals surface area contributed by atoms with Crippen molar-refractivity contribution in [1.29, 1.82) is 0 Å². The average molecular weight is 885 g/mol. The fourth-order valence-electron chi connectivity index (χ4n) is 13.0. The van der Waals surface area contributed by atoms with Crippen LogP contribution < -0.4 is 0 Å². The predicted octanol–water partition coefficient (Wildman–Crippen LogP) is 0.118. The van der Waals surface area contributed by atoms with Crippen LogP contribution in [0.5, 0.6) is 0 Å². The number of hydrogen-bond donors (Lipinski definition) is 10. The van der Waals surface area contributed by atoms with Gasteiger partial charge in [0.25, 0.3) is 0 Å². The van der Waals surface area contributed by atoms with Gasteiger partial charge in [-0.3, -0.25) is 0 Å². The molecule has 3 saturated carbocycles. The molecule has 0 amide bonds. The molecule has 0 aromatic carbocycles. The number of hydrogen-bond acceptors (Lipinski definition) is 17. The van der Waals surface area contributed by atoms with Gasteiger partial charge in [0, 0.05) is 12.3 Å². The Kier molecular flexibility index (Phi) is 14.0. The standard InChI is InChI=1S/C45H72O17/c1-19(18-56-41-38(54)36(52)33(49)29(16-46)60-41)6-9-27-20(2)31-28(59-27)15-26-24-8-7-22-14-23(10-12-44(22,4)25(24)11-13-45(26,31)5)58-43-40(37(53)34(50)30(17-47)61-43)62-42-39(55)35(51)32(48)21(3)57-42/h7,19,21,23-26,28-43,46-55H,6,8-18H2,1-5H3/t19-,21+,23+,24-,25+,26+,28+,29-,30-,31+,32+,33-,34-,35-,36+,37+,38-,39-,40-,41-,42+,43-,44+,45+/m0/s1. The molecular formula is C45H72O17. The summed E-state index contributed by atoms with van der Waals surface area (Å²) in [6.07, 6.45) is -9.89. The number of aliphatic hydroxyl groups is 10. The van der Waals surface area contributed by atoms with Crippen molar-refractivity contribution in [2.75, 3.05) is 19.8 Å². The summed E-state index contributed by atoms with van der Waals surface area (Å²) < 4.78 is 42.3. The van der Waals surface area contributed by atoms with E-state index < -0.39 is 105 Å². The van der Waals surface area contributed by atoms with E-state index in [1.165, 1.54) is 18.1 Å². The zero-order valence-electron chi connectivity index (χ0n) is 36.6. The Morgan fingerprint density at radius 1 is 0.758 bits per heavy atom. The van der Waals surface area contributed by atoms with Crippen LogP contribution in [0.2, 0.25) is 0 Å². The van der Waals surface area contributed by atoms with Gasteiger partial charge < -0.3 is 84.2 Å². The zero-order chi connectivity index (χ0) is 44.6. The van der Waals surface area contributed by atoms with Gasteiger partial charge in [0.05, 0.1) is 37.8 Å². The van der Waals surface area contributed by atoms with Crippen molar-refractivity contribution in [3.8, 4) is 0 Å². The van der Waals surface area contributed by atoms with Crippen LogP contribution in [-0.2, 0) is 33.2 Å². The molecule has 0 aromatic rings. The molecule has 4 heterocycles. The molecule has 0 aromatic heterocycles. The predicted molar refractivity (Wildman–Crippen MR) is 216 cm³/mol. The van der Waals surface area contributed by atoms with E-state index in [2.05, 4.69) is 33.8 Å². The van der Waals surface area contributed by atoms with Crippen LogP contribution >= 0.6 is 0 Å². The molecule has 6 fully saturated rings. The Bertz CT molecular complexity index is 1630. The first-order valence-electron chi connectivity index (χ1n) is 23.0. The van der Waals surface area contributed by atoms with Gasteiger partial charge >= 0.3 is 0 Å². The number of ether oxygens (including phenoxy) is 7. The van der Waals surface area contributed by atoms with Gasteiger partial charge in [0.1, 0.15) is 73.2 Å². The third-order valence-corrected chi connectivity index (χ3v) is 16.8. The van der Waals surface area contributed by atoms with E-state index in [9.17, 15) is 51.1 Å². The van der Waals surface area contributed by atoms with Gasteiger partial charge in [-0.25, -0.2) is 0 Å². The lowest BCUT2D eigenvalue weighted by Crippen LogP contribution is -2.64. The van der Waals surface area contributed by atoms with Crippen LogP contribution in [0.1, 0.15) is 92.4 Å². The molecule has 8 aliphatic rings. The summed E-state index contributed by atoms with van der Waals surface area (Å²) in [6, 6.07) is 0. The smallest absolute Gasteiger partial charge is 0.187 e. The highest BCUT2D eigenvalue weighted by Gasteiger charge is 2.64. The van der Waals surface area contributed by atoms with Crippen molar-refractivity contribution >= 4 is 0 Å². The topological polar surface area (TPSA) is 267 Å². The molecule has 0 bridgehead atoms. The van der Waals surface area contributed by atoms with Crippen LogP contribution in [-0.4, -0.2) is 175 Å². The van der Waals surface area contributed by atoms with Gasteiger partial charge in [-0.05, 0) is 105 Å². The fraction of sp³-hybridized carbons (Fsp3) is 0.911. The highest BCUT2D eigenvalue weighted by Crippen LogP contribution is 2.69. The highest BCUT2D eigenvalue weighted by molar-refractivity contribution is 5.30. The third kappa shape index (κ3) is 8.25. The van der Waals surface area contributed by atoms with Crippen LogP contribution in [0.15, 0.2) is 23.0 Å². The maximum absolute atomic E-state index is 11.2. The molecule has 3 saturated heterocycles. The molecule has 0 unspecified atom stereocenters. The molecular weight excluding hydrogens is 812 g/mol. The van der Waals surface area contributed by atoms with Crippen LogP contribution in [0.3, 0.4) is 0 Å². The van der Waals surface area contributed by atoms with E-state index in [-0.39, 0.29) is 35.6 Å². The minimum Gasteiger partial charge on any atom is -0.494 e. The number of fused-ring (bicyclic) bond motifs is 7. The van der Waals surface area contributed by atoms with E-state index in [1.807, 2.05) is 0 Å². The third-order valence-electron chi connectivity index (χ3n) is 16.8. The SMILES string of the molecule is CC1=C(CC[C@H](C)CO[C@H]2O[C@@H](CO)[C@H](O)[C@@H](O)[C@@H]2O)O[C@@H]2C[C@@H]3[C@H]4CC=C5C[C@H](O[C@H]6O[C@@H](CO)[C@H](O)[C@@H](O)[C@@H]6O[C@H]6O[C@H](C)[C@@H](O)[C@H](O)[C@@H]6O)CC[C@@]5(C)[C@@H]4CC[C@@]3(C)[C@H]12. The van der Waals surface area contributed by atoms with Crippen molar-refractivity contribution in [3.63, 3.8) is 0 Å². The first-order chi connectivity index (χ1) is 29.4. The lowest BCUT2D eigenvalue weighted by Gasteiger charge is -2.58. The van der Waals surface area contributed by atoms with Crippen LogP contribution in [0.25, 0.3) is 0 Å². The summed E-state index contributed by atoms with van der Waals surface area (Å²) in [7, 11) is 0. The van der Waals surface area contributed by atoms with Crippen LogP contribution in [0, 0.1) is 40.4 Å². The molecule has 8 rings (SSSR count). The Morgan fingerprint density at radius 2 is 1.42 bits per heavy atom. The van der Waals surface area contributed by atoms with Gasteiger partial charge in [0.2, 0.25) is 0 Å². The zero-order valence-corrected chi connectivity index (χ0v) is 36.6. The Balaban J connectivity index is 0.887. The van der Waals surface area contributed by atoms with Crippen LogP contribution in [0.4, 0.5) is 0 Å². The highest BCUT2D eigenvalue weighted by atomic mass is 16.8. The van der Waals surface area contributed by atoms with Gasteiger partial charge in [-0.2, -0.15) is 0 Å². The lowest BCUT2D eigenvalue weighted by atomic mass is 9.47. The number of aliphatic hydroxyl groups excluding tert-OH is 10. The number of allylic oxidation sites excluding steroid dienone is 2. The molecule has 0 radical (unpaired) electrons. The van der Waals surface area contributed by atoms with Gasteiger partial charge in [0.15, 0.2) is 18.9 Å².